The molecule has 1 atom stereocenters. The summed E-state index contributed by atoms with van der Waals surface area (Å²) < 4.78 is 5.96. The molecule has 0 saturated heterocycles. The minimum Gasteiger partial charge on any atom is -0.459 e. The Kier molecular flexibility index (Phi) is 4.32. The number of thioether (sulfide) groups is 1. The lowest BCUT2D eigenvalue weighted by atomic mass is 10.2. The van der Waals surface area contributed by atoms with Gasteiger partial charge in [-0.3, -0.25) is 0 Å². The van der Waals surface area contributed by atoms with Gasteiger partial charge in [0, 0.05) is 16.0 Å². The van der Waals surface area contributed by atoms with Crippen LogP contribution in [-0.4, -0.2) is 12.8 Å². The number of furan rings is 1. The van der Waals surface area contributed by atoms with Crippen molar-refractivity contribution in [3.63, 3.8) is 0 Å². The Morgan fingerprint density at radius 3 is 2.62 bits per heavy atom. The molecule has 0 bridgehead atoms. The Morgan fingerprint density at radius 1 is 1.10 bits per heavy atom. The summed E-state index contributed by atoms with van der Waals surface area (Å²) >= 11 is 1.86. The van der Waals surface area contributed by atoms with Crippen LogP contribution in [0.15, 0.2) is 63.9 Å². The molecule has 3 aromatic rings. The van der Waals surface area contributed by atoms with Crippen molar-refractivity contribution in [2.24, 2.45) is 0 Å². The number of para-hydroxylation sites is 1. The molecule has 0 aliphatic heterocycles. The Labute approximate surface area is 129 Å². The van der Waals surface area contributed by atoms with Crippen molar-refractivity contribution in [2.75, 3.05) is 12.8 Å². The van der Waals surface area contributed by atoms with Gasteiger partial charge in [-0.15, -0.1) is 11.8 Å². The van der Waals surface area contributed by atoms with Gasteiger partial charge in [0.2, 0.25) is 0 Å². The second-order valence-electron chi connectivity index (χ2n) is 5.10. The van der Waals surface area contributed by atoms with Gasteiger partial charge in [0.1, 0.15) is 11.3 Å². The molecule has 0 radical (unpaired) electrons. The van der Waals surface area contributed by atoms with E-state index in [2.05, 4.69) is 48.6 Å². The van der Waals surface area contributed by atoms with Gasteiger partial charge in [-0.05, 0) is 37.7 Å². The van der Waals surface area contributed by atoms with E-state index in [1.165, 1.54) is 10.5 Å². The zero-order valence-corrected chi connectivity index (χ0v) is 13.1. The standard InChI is InChI=1S/C18H19NOS/c1-13-7-3-6-10-18(13)21-12-15(19-2)17-11-14-8-4-5-9-16(14)20-17/h3-11,15,19H,12H2,1-2H3. The van der Waals surface area contributed by atoms with E-state index in [1.807, 2.05) is 37.0 Å². The van der Waals surface area contributed by atoms with Crippen molar-refractivity contribution in [1.29, 1.82) is 0 Å². The van der Waals surface area contributed by atoms with Gasteiger partial charge >= 0.3 is 0 Å². The third kappa shape index (κ3) is 3.14. The first-order chi connectivity index (χ1) is 10.3. The molecule has 1 aromatic heterocycles. The van der Waals surface area contributed by atoms with Crippen LogP contribution >= 0.6 is 11.8 Å². The van der Waals surface area contributed by atoms with Crippen molar-refractivity contribution < 1.29 is 4.42 Å². The summed E-state index contributed by atoms with van der Waals surface area (Å²) in [5, 5.41) is 4.52. The van der Waals surface area contributed by atoms with Crippen LogP contribution in [0.2, 0.25) is 0 Å². The minimum atomic E-state index is 0.210. The molecule has 0 amide bonds. The highest BCUT2D eigenvalue weighted by atomic mass is 32.2. The molecule has 0 spiro atoms. The van der Waals surface area contributed by atoms with Crippen molar-refractivity contribution in [1.82, 2.24) is 5.32 Å². The van der Waals surface area contributed by atoms with Crippen LogP contribution in [0.1, 0.15) is 17.4 Å². The summed E-state index contributed by atoms with van der Waals surface area (Å²) in [6.07, 6.45) is 0. The molecular weight excluding hydrogens is 278 g/mol. The maximum atomic E-state index is 5.96. The first-order valence-electron chi connectivity index (χ1n) is 7.12. The minimum absolute atomic E-state index is 0.210. The zero-order chi connectivity index (χ0) is 14.7. The highest BCUT2D eigenvalue weighted by Gasteiger charge is 2.15. The number of nitrogens with one attached hydrogen (secondary N) is 1. The predicted molar refractivity (Wildman–Crippen MR) is 89.9 cm³/mol. The quantitative estimate of drug-likeness (QED) is 0.685. The van der Waals surface area contributed by atoms with Crippen molar-refractivity contribution >= 4 is 22.7 Å². The summed E-state index contributed by atoms with van der Waals surface area (Å²) in [5.74, 6) is 1.95. The molecule has 0 saturated carbocycles. The molecule has 1 N–H and O–H groups in total. The fourth-order valence-electron chi connectivity index (χ4n) is 2.37. The average Bonchev–Trinajstić information content (AvgIpc) is 2.93. The van der Waals surface area contributed by atoms with E-state index in [1.54, 1.807) is 0 Å². The molecule has 1 unspecified atom stereocenters. The van der Waals surface area contributed by atoms with Gasteiger partial charge in [0.15, 0.2) is 0 Å². The van der Waals surface area contributed by atoms with Gasteiger partial charge < -0.3 is 9.73 Å². The van der Waals surface area contributed by atoms with Gasteiger partial charge in [0.05, 0.1) is 6.04 Å². The first kappa shape index (κ1) is 14.2. The van der Waals surface area contributed by atoms with E-state index >= 15 is 0 Å². The lowest BCUT2D eigenvalue weighted by Crippen LogP contribution is -2.18. The number of aryl methyl sites for hydroxylation is 1. The van der Waals surface area contributed by atoms with Crippen LogP contribution < -0.4 is 5.32 Å². The van der Waals surface area contributed by atoms with Crippen molar-refractivity contribution in [2.45, 2.75) is 17.9 Å². The summed E-state index contributed by atoms with van der Waals surface area (Å²) in [4.78, 5) is 1.33. The molecule has 3 heteroatoms. The number of hydrogen-bond donors (Lipinski definition) is 1. The van der Waals surface area contributed by atoms with Gasteiger partial charge in [-0.1, -0.05) is 36.4 Å². The third-order valence-corrected chi connectivity index (χ3v) is 4.90. The summed E-state index contributed by atoms with van der Waals surface area (Å²) in [5.41, 5.74) is 2.27. The molecule has 3 rings (SSSR count). The van der Waals surface area contributed by atoms with Crippen molar-refractivity contribution in [3.8, 4) is 0 Å². The maximum Gasteiger partial charge on any atom is 0.134 e. The van der Waals surface area contributed by atoms with Gasteiger partial charge in [-0.25, -0.2) is 0 Å². The summed E-state index contributed by atoms with van der Waals surface area (Å²) in [7, 11) is 1.98. The average molecular weight is 297 g/mol. The largest absolute Gasteiger partial charge is 0.459 e. The van der Waals surface area contributed by atoms with Crippen molar-refractivity contribution in [3.05, 3.63) is 65.9 Å². The molecule has 2 nitrogen and oxygen atoms in total. The summed E-state index contributed by atoms with van der Waals surface area (Å²) in [6.45, 7) is 2.15. The highest BCUT2D eigenvalue weighted by Crippen LogP contribution is 2.29. The van der Waals surface area contributed by atoms with E-state index in [4.69, 9.17) is 4.42 Å². The Hall–Kier alpha value is -1.71. The monoisotopic (exact) mass is 297 g/mol. The number of hydrogen-bond acceptors (Lipinski definition) is 3. The van der Waals surface area contributed by atoms with Gasteiger partial charge in [-0.2, -0.15) is 0 Å². The SMILES string of the molecule is CNC(CSc1ccccc1C)c1cc2ccccc2o1. The molecule has 1 heterocycles. The lowest BCUT2D eigenvalue weighted by molar-refractivity contribution is 0.479. The lowest BCUT2D eigenvalue weighted by Gasteiger charge is -2.14. The van der Waals surface area contributed by atoms with E-state index in [0.29, 0.717) is 0 Å². The summed E-state index contributed by atoms with van der Waals surface area (Å²) in [6, 6.07) is 19.0. The van der Waals surface area contributed by atoms with E-state index < -0.39 is 0 Å². The van der Waals surface area contributed by atoms with Crippen LogP contribution in [-0.2, 0) is 0 Å². The zero-order valence-electron chi connectivity index (χ0n) is 12.3. The van der Waals surface area contributed by atoms with E-state index in [9.17, 15) is 0 Å². The number of rotatable bonds is 5. The third-order valence-electron chi connectivity index (χ3n) is 3.64. The Balaban J connectivity index is 1.77. The molecule has 108 valence electrons. The van der Waals surface area contributed by atoms with E-state index in [-0.39, 0.29) is 6.04 Å². The van der Waals surface area contributed by atoms with Crippen LogP contribution in [0.5, 0.6) is 0 Å². The first-order valence-corrected chi connectivity index (χ1v) is 8.10. The Bertz CT molecular complexity index is 702. The van der Waals surface area contributed by atoms with E-state index in [0.717, 1.165) is 22.5 Å². The molecule has 0 aliphatic carbocycles. The number of benzene rings is 2. The van der Waals surface area contributed by atoms with Crippen LogP contribution in [0.3, 0.4) is 0 Å². The fourth-order valence-corrected chi connectivity index (χ4v) is 3.52. The highest BCUT2D eigenvalue weighted by molar-refractivity contribution is 7.99. The predicted octanol–water partition coefficient (Wildman–Crippen LogP) is 4.79. The molecule has 0 aliphatic rings. The number of fused-ring (bicyclic) bond motifs is 1. The van der Waals surface area contributed by atoms with Crippen LogP contribution in [0.4, 0.5) is 0 Å². The topological polar surface area (TPSA) is 25.2 Å². The Morgan fingerprint density at radius 2 is 1.86 bits per heavy atom. The van der Waals surface area contributed by atoms with Crippen LogP contribution in [0.25, 0.3) is 11.0 Å². The van der Waals surface area contributed by atoms with Gasteiger partial charge in [0.25, 0.3) is 0 Å². The molecule has 21 heavy (non-hydrogen) atoms. The smallest absolute Gasteiger partial charge is 0.134 e. The molecular formula is C18H19NOS. The van der Waals surface area contributed by atoms with Crippen LogP contribution in [0, 0.1) is 6.92 Å². The second-order valence-corrected chi connectivity index (χ2v) is 6.17. The molecule has 2 aromatic carbocycles. The fraction of sp³-hybridized carbons (Fsp3) is 0.222. The molecule has 0 fully saturated rings. The second kappa shape index (κ2) is 6.37. The maximum absolute atomic E-state index is 5.96. The normalized spacial score (nSPS) is 12.7.